The van der Waals surface area contributed by atoms with Crippen molar-refractivity contribution in [2.45, 2.75) is 45.6 Å². The fourth-order valence-electron chi connectivity index (χ4n) is 2.72. The second-order valence-corrected chi connectivity index (χ2v) is 9.52. The molecule has 1 heterocycles. The molecule has 7 heteroatoms. The Hall–Kier alpha value is -1.60. The lowest BCUT2D eigenvalue weighted by Gasteiger charge is -2.37. The van der Waals surface area contributed by atoms with E-state index in [1.165, 1.54) is 4.31 Å². The van der Waals surface area contributed by atoms with Crippen LogP contribution in [0.1, 0.15) is 34.6 Å². The zero-order chi connectivity index (χ0) is 18.8. The molecule has 0 radical (unpaired) electrons. The summed E-state index contributed by atoms with van der Waals surface area (Å²) < 4.78 is 32.5. The van der Waals surface area contributed by atoms with Gasteiger partial charge in [0.05, 0.1) is 11.0 Å². The maximum absolute atomic E-state index is 12.8. The van der Waals surface area contributed by atoms with Gasteiger partial charge in [0.2, 0.25) is 15.9 Å². The first kappa shape index (κ1) is 19.7. The number of hydrogen-bond donors (Lipinski definition) is 0. The molecule has 1 fully saturated rings. The van der Waals surface area contributed by atoms with E-state index in [1.807, 2.05) is 34.6 Å². The molecule has 1 aromatic rings. The minimum atomic E-state index is -3.55. The summed E-state index contributed by atoms with van der Waals surface area (Å²) in [5, 5.41) is 0. The van der Waals surface area contributed by atoms with Crippen LogP contribution < -0.4 is 4.74 Å². The monoisotopic (exact) mass is 368 g/mol. The van der Waals surface area contributed by atoms with E-state index in [9.17, 15) is 13.2 Å². The van der Waals surface area contributed by atoms with Crippen LogP contribution in [-0.4, -0.2) is 55.8 Å². The number of hydrogen-bond acceptors (Lipinski definition) is 4. The van der Waals surface area contributed by atoms with E-state index < -0.39 is 15.4 Å². The molecule has 0 unspecified atom stereocenters. The van der Waals surface area contributed by atoms with Gasteiger partial charge in [-0.3, -0.25) is 4.79 Å². The fourth-order valence-corrected chi connectivity index (χ4v) is 4.14. The molecular formula is C18H28N2O4S. The lowest BCUT2D eigenvalue weighted by Crippen LogP contribution is -2.52. The van der Waals surface area contributed by atoms with Crippen molar-refractivity contribution in [3.8, 4) is 5.75 Å². The van der Waals surface area contributed by atoms with Crippen LogP contribution in [0.15, 0.2) is 29.2 Å². The van der Waals surface area contributed by atoms with Crippen LogP contribution in [0, 0.1) is 5.41 Å². The van der Waals surface area contributed by atoms with Crippen molar-refractivity contribution in [3.63, 3.8) is 0 Å². The van der Waals surface area contributed by atoms with Gasteiger partial charge in [0.1, 0.15) is 5.75 Å². The average Bonchev–Trinajstić information content (AvgIpc) is 2.53. The maximum Gasteiger partial charge on any atom is 0.243 e. The predicted molar refractivity (Wildman–Crippen MR) is 97.0 cm³/mol. The summed E-state index contributed by atoms with van der Waals surface area (Å²) in [7, 11) is -3.55. The molecule has 6 nitrogen and oxygen atoms in total. The minimum absolute atomic E-state index is 0.0379. The first-order chi connectivity index (χ1) is 11.5. The van der Waals surface area contributed by atoms with Crippen molar-refractivity contribution < 1.29 is 17.9 Å². The molecule has 2 rings (SSSR count). The first-order valence-corrected chi connectivity index (χ1v) is 10.0. The van der Waals surface area contributed by atoms with E-state index in [2.05, 4.69) is 0 Å². The Morgan fingerprint density at radius 1 is 1.04 bits per heavy atom. The SMILES string of the molecule is CC(C)Oc1ccc(S(=O)(=O)N2CCN(C(=O)C(C)(C)C)CC2)cc1. The van der Waals surface area contributed by atoms with Gasteiger partial charge >= 0.3 is 0 Å². The van der Waals surface area contributed by atoms with Crippen LogP contribution in [0.5, 0.6) is 5.75 Å². The summed E-state index contributed by atoms with van der Waals surface area (Å²) in [5.74, 6) is 0.703. The Bertz CT molecular complexity index is 698. The third-order valence-electron chi connectivity index (χ3n) is 4.00. The quantitative estimate of drug-likeness (QED) is 0.818. The minimum Gasteiger partial charge on any atom is -0.491 e. The largest absolute Gasteiger partial charge is 0.491 e. The zero-order valence-electron chi connectivity index (χ0n) is 15.7. The zero-order valence-corrected chi connectivity index (χ0v) is 16.5. The number of piperazine rings is 1. The third-order valence-corrected chi connectivity index (χ3v) is 5.91. The highest BCUT2D eigenvalue weighted by Crippen LogP contribution is 2.23. The summed E-state index contributed by atoms with van der Waals surface area (Å²) in [6.07, 6.45) is 0.0379. The molecule has 1 aromatic carbocycles. The summed E-state index contributed by atoms with van der Waals surface area (Å²) in [4.78, 5) is 14.3. The van der Waals surface area contributed by atoms with E-state index in [0.717, 1.165) is 0 Å². The number of amides is 1. The van der Waals surface area contributed by atoms with Crippen molar-refractivity contribution in [1.82, 2.24) is 9.21 Å². The van der Waals surface area contributed by atoms with Crippen molar-refractivity contribution in [2.75, 3.05) is 26.2 Å². The van der Waals surface area contributed by atoms with Crippen molar-refractivity contribution >= 4 is 15.9 Å². The van der Waals surface area contributed by atoms with Gasteiger partial charge in [0.25, 0.3) is 0 Å². The number of rotatable bonds is 4. The van der Waals surface area contributed by atoms with E-state index in [4.69, 9.17) is 4.74 Å². The summed E-state index contributed by atoms with van der Waals surface area (Å²) in [5.41, 5.74) is -0.451. The van der Waals surface area contributed by atoms with Crippen LogP contribution in [0.4, 0.5) is 0 Å². The van der Waals surface area contributed by atoms with Gasteiger partial charge in [0.15, 0.2) is 0 Å². The smallest absolute Gasteiger partial charge is 0.243 e. The first-order valence-electron chi connectivity index (χ1n) is 8.58. The Morgan fingerprint density at radius 3 is 2.00 bits per heavy atom. The Morgan fingerprint density at radius 2 is 1.56 bits per heavy atom. The van der Waals surface area contributed by atoms with Gasteiger partial charge in [-0.05, 0) is 38.1 Å². The molecule has 140 valence electrons. The lowest BCUT2D eigenvalue weighted by molar-refractivity contribution is -0.140. The third kappa shape index (κ3) is 4.73. The molecule has 0 N–H and O–H groups in total. The van der Waals surface area contributed by atoms with Gasteiger partial charge < -0.3 is 9.64 Å². The van der Waals surface area contributed by atoms with Crippen molar-refractivity contribution in [1.29, 1.82) is 0 Å². The summed E-state index contributed by atoms with van der Waals surface area (Å²) >= 11 is 0. The molecule has 0 saturated carbocycles. The van der Waals surface area contributed by atoms with Crippen LogP contribution in [0.3, 0.4) is 0 Å². The van der Waals surface area contributed by atoms with E-state index in [1.54, 1.807) is 29.2 Å². The highest BCUT2D eigenvalue weighted by molar-refractivity contribution is 7.89. The molecule has 1 saturated heterocycles. The molecule has 1 aliphatic rings. The number of nitrogens with zero attached hydrogens (tertiary/aromatic N) is 2. The predicted octanol–water partition coefficient (Wildman–Crippen LogP) is 2.35. The molecule has 0 spiro atoms. The normalized spacial score (nSPS) is 17.0. The topological polar surface area (TPSA) is 66.9 Å². The molecule has 1 aliphatic heterocycles. The van der Waals surface area contributed by atoms with E-state index in [-0.39, 0.29) is 16.9 Å². The number of carbonyl (C=O) groups excluding carboxylic acids is 1. The lowest BCUT2D eigenvalue weighted by atomic mass is 9.94. The average molecular weight is 368 g/mol. The molecule has 0 aromatic heterocycles. The number of ether oxygens (including phenoxy) is 1. The Balaban J connectivity index is 2.05. The van der Waals surface area contributed by atoms with Crippen LogP contribution >= 0.6 is 0 Å². The molecule has 0 aliphatic carbocycles. The van der Waals surface area contributed by atoms with E-state index >= 15 is 0 Å². The van der Waals surface area contributed by atoms with Gasteiger partial charge in [-0.1, -0.05) is 20.8 Å². The van der Waals surface area contributed by atoms with Crippen molar-refractivity contribution in [3.05, 3.63) is 24.3 Å². The highest BCUT2D eigenvalue weighted by Gasteiger charge is 2.33. The molecule has 0 bridgehead atoms. The van der Waals surface area contributed by atoms with Crippen molar-refractivity contribution in [2.24, 2.45) is 5.41 Å². The Labute approximate surface area is 150 Å². The van der Waals surface area contributed by atoms with Gasteiger partial charge in [-0.2, -0.15) is 4.31 Å². The second kappa shape index (κ2) is 7.33. The molecular weight excluding hydrogens is 340 g/mol. The number of carbonyl (C=O) groups is 1. The van der Waals surface area contributed by atoms with E-state index in [0.29, 0.717) is 31.9 Å². The van der Waals surface area contributed by atoms with Crippen LogP contribution in [0.2, 0.25) is 0 Å². The molecule has 1 amide bonds. The standard InChI is InChI=1S/C18H28N2O4S/c1-14(2)24-15-6-8-16(9-7-15)25(22,23)20-12-10-19(11-13-20)17(21)18(3,4)5/h6-9,14H,10-13H2,1-5H3. The molecule has 0 atom stereocenters. The number of sulfonamides is 1. The van der Waals surface area contributed by atoms with Crippen LogP contribution in [-0.2, 0) is 14.8 Å². The van der Waals surface area contributed by atoms with Gasteiger partial charge in [-0.25, -0.2) is 8.42 Å². The maximum atomic E-state index is 12.8. The molecule has 25 heavy (non-hydrogen) atoms. The summed E-state index contributed by atoms with van der Waals surface area (Å²) in [6, 6.07) is 6.48. The fraction of sp³-hybridized carbons (Fsp3) is 0.611. The van der Waals surface area contributed by atoms with Gasteiger partial charge in [0, 0.05) is 31.6 Å². The number of benzene rings is 1. The highest BCUT2D eigenvalue weighted by atomic mass is 32.2. The van der Waals surface area contributed by atoms with Crippen LogP contribution in [0.25, 0.3) is 0 Å². The Kier molecular flexibility index (Phi) is 5.79. The van der Waals surface area contributed by atoms with Gasteiger partial charge in [-0.15, -0.1) is 0 Å². The second-order valence-electron chi connectivity index (χ2n) is 7.58. The summed E-state index contributed by atoms with van der Waals surface area (Å²) in [6.45, 7) is 10.9.